The highest BCUT2D eigenvalue weighted by atomic mass is 16.5. The Hall–Kier alpha value is -4.06. The third-order valence-electron chi connectivity index (χ3n) is 5.46. The van der Waals surface area contributed by atoms with E-state index < -0.39 is 18.0 Å². The summed E-state index contributed by atoms with van der Waals surface area (Å²) in [6.07, 6.45) is -0.257. The van der Waals surface area contributed by atoms with Crippen molar-refractivity contribution >= 4 is 29.1 Å². The lowest BCUT2D eigenvalue weighted by molar-refractivity contribution is -0.123. The number of carbonyl (C=O) groups excluding carboxylic acids is 4. The van der Waals surface area contributed by atoms with Crippen LogP contribution in [0.1, 0.15) is 61.6 Å². The van der Waals surface area contributed by atoms with E-state index in [9.17, 15) is 19.2 Å². The van der Waals surface area contributed by atoms with Crippen LogP contribution in [0.25, 0.3) is 0 Å². The first-order valence-corrected chi connectivity index (χ1v) is 10.3. The molecule has 6 nitrogen and oxygen atoms in total. The zero-order chi connectivity index (χ0) is 22.8. The summed E-state index contributed by atoms with van der Waals surface area (Å²) in [7, 11) is 0. The van der Waals surface area contributed by atoms with Gasteiger partial charge in [0.1, 0.15) is 0 Å². The molecule has 3 aromatic rings. The van der Waals surface area contributed by atoms with Crippen LogP contribution in [-0.2, 0) is 16.0 Å². The molecule has 1 aliphatic carbocycles. The fourth-order valence-electron chi connectivity index (χ4n) is 3.64. The molecule has 0 saturated carbocycles. The number of fused-ring (bicyclic) bond motifs is 2. The number of amides is 1. The fourth-order valence-corrected chi connectivity index (χ4v) is 3.64. The molecule has 0 radical (unpaired) electrons. The van der Waals surface area contributed by atoms with Gasteiger partial charge in [-0.2, -0.15) is 0 Å². The van der Waals surface area contributed by atoms with Gasteiger partial charge in [0, 0.05) is 16.7 Å². The highest BCUT2D eigenvalue weighted by Gasteiger charge is 2.32. The van der Waals surface area contributed by atoms with Gasteiger partial charge in [0.2, 0.25) is 0 Å². The quantitative estimate of drug-likeness (QED) is 0.482. The van der Waals surface area contributed by atoms with Crippen molar-refractivity contribution in [1.29, 1.82) is 0 Å². The minimum absolute atomic E-state index is 0.137. The molecule has 3 aromatic carbocycles. The van der Waals surface area contributed by atoms with Crippen molar-refractivity contribution in [2.75, 3.05) is 5.32 Å². The Bertz CT molecular complexity index is 1240. The van der Waals surface area contributed by atoms with Crippen LogP contribution < -0.4 is 5.32 Å². The van der Waals surface area contributed by atoms with Gasteiger partial charge in [0.25, 0.3) is 5.91 Å². The van der Waals surface area contributed by atoms with E-state index in [1.54, 1.807) is 54.6 Å². The Labute approximate surface area is 185 Å². The molecule has 0 heterocycles. The number of benzene rings is 3. The molecule has 1 aliphatic rings. The number of ether oxygens (including phenoxy) is 1. The van der Waals surface area contributed by atoms with Crippen LogP contribution in [0, 0.1) is 0 Å². The summed E-state index contributed by atoms with van der Waals surface area (Å²) in [5, 5.41) is 2.64. The van der Waals surface area contributed by atoms with E-state index >= 15 is 0 Å². The lowest BCUT2D eigenvalue weighted by Gasteiger charge is -2.21. The van der Waals surface area contributed by atoms with Crippen LogP contribution >= 0.6 is 0 Å². The smallest absolute Gasteiger partial charge is 0.338 e. The van der Waals surface area contributed by atoms with Gasteiger partial charge in [-0.15, -0.1) is 0 Å². The molecule has 1 amide bonds. The van der Waals surface area contributed by atoms with Crippen molar-refractivity contribution in [3.05, 3.63) is 100 Å². The van der Waals surface area contributed by atoms with E-state index in [4.69, 9.17) is 4.74 Å². The van der Waals surface area contributed by atoms with Crippen molar-refractivity contribution in [3.63, 3.8) is 0 Å². The molecule has 0 aliphatic heterocycles. The van der Waals surface area contributed by atoms with Crippen LogP contribution in [0.15, 0.2) is 66.7 Å². The Balaban J connectivity index is 1.53. The molecule has 32 heavy (non-hydrogen) atoms. The van der Waals surface area contributed by atoms with Crippen molar-refractivity contribution in [2.45, 2.75) is 26.4 Å². The number of rotatable bonds is 5. The van der Waals surface area contributed by atoms with E-state index in [0.29, 0.717) is 16.7 Å². The summed E-state index contributed by atoms with van der Waals surface area (Å²) in [6, 6.07) is 18.3. The average Bonchev–Trinajstić information content (AvgIpc) is 2.82. The molecule has 1 atom stereocenters. The van der Waals surface area contributed by atoms with Gasteiger partial charge in [-0.3, -0.25) is 14.4 Å². The van der Waals surface area contributed by atoms with E-state index in [1.807, 2.05) is 19.1 Å². The number of nitrogens with one attached hydrogen (secondary N) is 1. The lowest BCUT2D eigenvalue weighted by atomic mass is 9.83. The van der Waals surface area contributed by atoms with E-state index in [-0.39, 0.29) is 28.4 Å². The number of ketones is 2. The van der Waals surface area contributed by atoms with E-state index in [2.05, 4.69) is 5.32 Å². The zero-order valence-electron chi connectivity index (χ0n) is 17.7. The van der Waals surface area contributed by atoms with Gasteiger partial charge in [-0.05, 0) is 37.1 Å². The Kier molecular flexibility index (Phi) is 5.69. The normalized spacial score (nSPS) is 13.1. The molecule has 0 bridgehead atoms. The first-order chi connectivity index (χ1) is 15.4. The monoisotopic (exact) mass is 427 g/mol. The van der Waals surface area contributed by atoms with Crippen LogP contribution in [0.4, 0.5) is 5.69 Å². The second-order valence-electron chi connectivity index (χ2n) is 7.52. The third kappa shape index (κ3) is 3.83. The summed E-state index contributed by atoms with van der Waals surface area (Å²) in [5.41, 5.74) is 2.63. The Morgan fingerprint density at radius 3 is 2.12 bits per heavy atom. The lowest BCUT2D eigenvalue weighted by Crippen LogP contribution is -2.31. The van der Waals surface area contributed by atoms with Crippen molar-refractivity contribution in [1.82, 2.24) is 0 Å². The molecule has 6 heteroatoms. The van der Waals surface area contributed by atoms with Gasteiger partial charge in [0.05, 0.1) is 16.8 Å². The molecule has 4 rings (SSSR count). The highest BCUT2D eigenvalue weighted by Crippen LogP contribution is 2.32. The summed E-state index contributed by atoms with van der Waals surface area (Å²) in [5.74, 6) is -1.84. The second kappa shape index (κ2) is 8.59. The number of carbonyl (C=O) groups is 4. The number of aryl methyl sites for hydroxylation is 1. The summed E-state index contributed by atoms with van der Waals surface area (Å²) >= 11 is 0. The second-order valence-corrected chi connectivity index (χ2v) is 7.52. The van der Waals surface area contributed by atoms with Gasteiger partial charge >= 0.3 is 5.97 Å². The van der Waals surface area contributed by atoms with Crippen molar-refractivity contribution in [3.8, 4) is 0 Å². The summed E-state index contributed by atoms with van der Waals surface area (Å²) < 4.78 is 5.29. The maximum absolute atomic E-state index is 13.1. The molecular formula is C26H21NO5. The van der Waals surface area contributed by atoms with Crippen LogP contribution in [0.2, 0.25) is 0 Å². The number of hydrogen-bond donors (Lipinski definition) is 1. The number of hydrogen-bond acceptors (Lipinski definition) is 5. The van der Waals surface area contributed by atoms with Crippen LogP contribution in [0.3, 0.4) is 0 Å². The molecule has 1 N–H and O–H groups in total. The standard InChI is InChI=1S/C26H21NO5/c1-3-16-11-13-17(14-12-16)26(31)32-15(2)25(30)27-21-10-6-9-20-22(21)24(29)19-8-5-4-7-18(19)23(20)28/h4-15H,3H2,1-2H3,(H,27,30). The van der Waals surface area contributed by atoms with Crippen LogP contribution in [-0.4, -0.2) is 29.5 Å². The summed E-state index contributed by atoms with van der Waals surface area (Å²) in [4.78, 5) is 51.0. The van der Waals surface area contributed by atoms with Gasteiger partial charge in [-0.25, -0.2) is 4.79 Å². The Morgan fingerprint density at radius 2 is 1.47 bits per heavy atom. The Morgan fingerprint density at radius 1 is 0.844 bits per heavy atom. The van der Waals surface area contributed by atoms with Crippen molar-refractivity contribution in [2.24, 2.45) is 0 Å². The highest BCUT2D eigenvalue weighted by molar-refractivity contribution is 6.30. The predicted octanol–water partition coefficient (Wildman–Crippen LogP) is 4.21. The first kappa shape index (κ1) is 21.2. The molecule has 0 fully saturated rings. The fraction of sp³-hybridized carbons (Fsp3) is 0.154. The maximum Gasteiger partial charge on any atom is 0.338 e. The maximum atomic E-state index is 13.1. The molecule has 0 spiro atoms. The van der Waals surface area contributed by atoms with Crippen molar-refractivity contribution < 1.29 is 23.9 Å². The largest absolute Gasteiger partial charge is 0.449 e. The number of esters is 1. The summed E-state index contributed by atoms with van der Waals surface area (Å²) in [6.45, 7) is 3.46. The predicted molar refractivity (Wildman–Crippen MR) is 119 cm³/mol. The SMILES string of the molecule is CCc1ccc(C(=O)OC(C)C(=O)Nc2cccc3c2C(=O)c2ccccc2C3=O)cc1. The first-order valence-electron chi connectivity index (χ1n) is 10.3. The van der Waals surface area contributed by atoms with E-state index in [0.717, 1.165) is 12.0 Å². The topological polar surface area (TPSA) is 89.5 Å². The number of anilines is 1. The van der Waals surface area contributed by atoms with Gasteiger partial charge < -0.3 is 10.1 Å². The van der Waals surface area contributed by atoms with E-state index in [1.165, 1.54) is 6.92 Å². The minimum Gasteiger partial charge on any atom is -0.449 e. The van der Waals surface area contributed by atoms with Gasteiger partial charge in [-0.1, -0.05) is 55.5 Å². The molecule has 0 saturated heterocycles. The molecule has 1 unspecified atom stereocenters. The van der Waals surface area contributed by atoms with Crippen LogP contribution in [0.5, 0.6) is 0 Å². The minimum atomic E-state index is -1.11. The molecule has 0 aromatic heterocycles. The third-order valence-corrected chi connectivity index (χ3v) is 5.46. The molecular weight excluding hydrogens is 406 g/mol. The zero-order valence-corrected chi connectivity index (χ0v) is 17.7. The molecule has 160 valence electrons. The van der Waals surface area contributed by atoms with Gasteiger partial charge in [0.15, 0.2) is 17.7 Å². The average molecular weight is 427 g/mol.